The third kappa shape index (κ3) is 4.58. The Morgan fingerprint density at radius 1 is 1.17 bits per heavy atom. The molecule has 18 heavy (non-hydrogen) atoms. The number of hydroxylamine groups is 2. The number of nitrogens with one attached hydrogen (secondary N) is 1. The molecule has 1 N–H and O–H groups in total. The first kappa shape index (κ1) is 15.4. The van der Waals surface area contributed by atoms with E-state index in [1.54, 1.807) is 0 Å². The number of piperazine rings is 1. The highest BCUT2D eigenvalue weighted by Crippen LogP contribution is 2.15. The molecule has 102 valence electrons. The van der Waals surface area contributed by atoms with Crippen LogP contribution < -0.4 is 5.32 Å². The first-order chi connectivity index (χ1) is 8.25. The predicted octanol–water partition coefficient (Wildman–Crippen LogP) is 2.57. The van der Waals surface area contributed by atoms with Crippen molar-refractivity contribution in [3.63, 3.8) is 0 Å². The standard InChI is InChI=1S/C14H22N2O.ClH/c1-12(2)14-5-3-13(4-6-14)11-17-16-9-7-15-8-10-16;/h3-6,12,15H,7-11H2,1-2H3;1H. The molecule has 0 atom stereocenters. The van der Waals surface area contributed by atoms with E-state index in [0.29, 0.717) is 12.5 Å². The van der Waals surface area contributed by atoms with Gasteiger partial charge in [0.2, 0.25) is 0 Å². The largest absolute Gasteiger partial charge is 0.314 e. The molecule has 1 fully saturated rings. The molecule has 4 heteroatoms. The van der Waals surface area contributed by atoms with Gasteiger partial charge in [0.15, 0.2) is 0 Å². The lowest BCUT2D eigenvalue weighted by Gasteiger charge is -2.26. The normalized spacial score (nSPS) is 16.6. The van der Waals surface area contributed by atoms with Crippen molar-refractivity contribution in [2.45, 2.75) is 26.4 Å². The Labute approximate surface area is 116 Å². The Morgan fingerprint density at radius 3 is 2.33 bits per heavy atom. The van der Waals surface area contributed by atoms with Crippen molar-refractivity contribution in [3.8, 4) is 0 Å². The van der Waals surface area contributed by atoms with E-state index in [-0.39, 0.29) is 12.4 Å². The van der Waals surface area contributed by atoms with E-state index in [9.17, 15) is 0 Å². The third-order valence-corrected chi connectivity index (χ3v) is 3.14. The second-order valence-corrected chi connectivity index (χ2v) is 4.85. The van der Waals surface area contributed by atoms with Crippen LogP contribution >= 0.6 is 12.4 Å². The maximum Gasteiger partial charge on any atom is 0.0935 e. The molecule has 0 amide bonds. The number of hydrogen-bond acceptors (Lipinski definition) is 3. The molecule has 1 aliphatic heterocycles. The number of benzene rings is 1. The van der Waals surface area contributed by atoms with Crippen LogP contribution in [0.15, 0.2) is 24.3 Å². The molecule has 0 radical (unpaired) electrons. The van der Waals surface area contributed by atoms with Crippen LogP contribution in [-0.2, 0) is 11.4 Å². The fourth-order valence-electron chi connectivity index (χ4n) is 1.94. The number of halogens is 1. The minimum Gasteiger partial charge on any atom is -0.314 e. The Hall–Kier alpha value is -0.610. The first-order valence-corrected chi connectivity index (χ1v) is 6.43. The molecule has 0 aromatic heterocycles. The van der Waals surface area contributed by atoms with Crippen LogP contribution in [0.5, 0.6) is 0 Å². The van der Waals surface area contributed by atoms with Gasteiger partial charge >= 0.3 is 0 Å². The van der Waals surface area contributed by atoms with E-state index in [2.05, 4.69) is 43.4 Å². The average Bonchev–Trinajstić information content (AvgIpc) is 2.38. The molecular weight excluding hydrogens is 248 g/mol. The molecule has 1 aromatic rings. The summed E-state index contributed by atoms with van der Waals surface area (Å²) in [4.78, 5) is 5.76. The van der Waals surface area contributed by atoms with Crippen molar-refractivity contribution < 1.29 is 4.84 Å². The number of hydrogen-bond donors (Lipinski definition) is 1. The summed E-state index contributed by atoms with van der Waals surface area (Å²) in [5.41, 5.74) is 2.63. The highest BCUT2D eigenvalue weighted by atomic mass is 35.5. The molecule has 1 saturated heterocycles. The van der Waals surface area contributed by atoms with Crippen LogP contribution in [-0.4, -0.2) is 31.2 Å². The van der Waals surface area contributed by atoms with Gasteiger partial charge in [0.1, 0.15) is 0 Å². The van der Waals surface area contributed by atoms with Crippen molar-refractivity contribution in [2.75, 3.05) is 26.2 Å². The van der Waals surface area contributed by atoms with Crippen LogP contribution in [0, 0.1) is 0 Å². The summed E-state index contributed by atoms with van der Waals surface area (Å²) in [5.74, 6) is 0.595. The summed E-state index contributed by atoms with van der Waals surface area (Å²) < 4.78 is 0. The first-order valence-electron chi connectivity index (χ1n) is 6.43. The average molecular weight is 271 g/mol. The summed E-state index contributed by atoms with van der Waals surface area (Å²) in [6.07, 6.45) is 0. The highest BCUT2D eigenvalue weighted by Gasteiger charge is 2.09. The summed E-state index contributed by atoms with van der Waals surface area (Å²) in [6.45, 7) is 9.10. The third-order valence-electron chi connectivity index (χ3n) is 3.14. The van der Waals surface area contributed by atoms with Gasteiger partial charge in [-0.15, -0.1) is 12.4 Å². The molecular formula is C14H23ClN2O. The fourth-order valence-corrected chi connectivity index (χ4v) is 1.94. The van der Waals surface area contributed by atoms with E-state index in [4.69, 9.17) is 4.84 Å². The van der Waals surface area contributed by atoms with E-state index in [1.165, 1.54) is 11.1 Å². The van der Waals surface area contributed by atoms with Crippen molar-refractivity contribution in [2.24, 2.45) is 0 Å². The van der Waals surface area contributed by atoms with Gasteiger partial charge in [-0.1, -0.05) is 38.1 Å². The van der Waals surface area contributed by atoms with Crippen molar-refractivity contribution >= 4 is 12.4 Å². The van der Waals surface area contributed by atoms with Crippen molar-refractivity contribution in [3.05, 3.63) is 35.4 Å². The van der Waals surface area contributed by atoms with Crippen LogP contribution in [0.4, 0.5) is 0 Å². The lowest BCUT2D eigenvalue weighted by atomic mass is 10.0. The minimum atomic E-state index is 0. The SMILES string of the molecule is CC(C)c1ccc(CON2CCNCC2)cc1.Cl. The second-order valence-electron chi connectivity index (χ2n) is 4.85. The van der Waals surface area contributed by atoms with Gasteiger partial charge in [-0.25, -0.2) is 0 Å². The Balaban J connectivity index is 0.00000162. The van der Waals surface area contributed by atoms with Crippen molar-refractivity contribution in [1.29, 1.82) is 0 Å². The van der Waals surface area contributed by atoms with Gasteiger partial charge in [-0.05, 0) is 17.0 Å². The monoisotopic (exact) mass is 270 g/mol. The number of nitrogens with zero attached hydrogens (tertiary/aromatic N) is 1. The Bertz CT molecular complexity index is 334. The lowest BCUT2D eigenvalue weighted by molar-refractivity contribution is -0.174. The smallest absolute Gasteiger partial charge is 0.0935 e. The molecule has 1 aliphatic rings. The van der Waals surface area contributed by atoms with Gasteiger partial charge in [-0.2, -0.15) is 5.06 Å². The van der Waals surface area contributed by atoms with Gasteiger partial charge in [0.05, 0.1) is 6.61 Å². The van der Waals surface area contributed by atoms with Crippen LogP contribution in [0.25, 0.3) is 0 Å². The number of rotatable bonds is 4. The fraction of sp³-hybridized carbons (Fsp3) is 0.571. The van der Waals surface area contributed by atoms with Crippen LogP contribution in [0.2, 0.25) is 0 Å². The Morgan fingerprint density at radius 2 is 1.78 bits per heavy atom. The van der Waals surface area contributed by atoms with Gasteiger partial charge < -0.3 is 5.32 Å². The molecule has 3 nitrogen and oxygen atoms in total. The summed E-state index contributed by atoms with van der Waals surface area (Å²) in [6, 6.07) is 8.72. The summed E-state index contributed by atoms with van der Waals surface area (Å²) in [5, 5.41) is 5.36. The molecule has 0 unspecified atom stereocenters. The predicted molar refractivity (Wildman–Crippen MR) is 77.0 cm³/mol. The van der Waals surface area contributed by atoms with Crippen LogP contribution in [0.1, 0.15) is 30.9 Å². The van der Waals surface area contributed by atoms with Crippen LogP contribution in [0.3, 0.4) is 0 Å². The zero-order chi connectivity index (χ0) is 12.1. The summed E-state index contributed by atoms with van der Waals surface area (Å²) >= 11 is 0. The topological polar surface area (TPSA) is 24.5 Å². The van der Waals surface area contributed by atoms with Gasteiger partial charge in [-0.3, -0.25) is 4.84 Å². The summed E-state index contributed by atoms with van der Waals surface area (Å²) in [7, 11) is 0. The lowest BCUT2D eigenvalue weighted by Crippen LogP contribution is -2.43. The van der Waals surface area contributed by atoms with Gasteiger partial charge in [0.25, 0.3) is 0 Å². The zero-order valence-electron chi connectivity index (χ0n) is 11.2. The van der Waals surface area contributed by atoms with E-state index < -0.39 is 0 Å². The second kappa shape index (κ2) is 7.74. The Kier molecular flexibility index (Phi) is 6.65. The quantitative estimate of drug-likeness (QED) is 0.910. The van der Waals surface area contributed by atoms with E-state index >= 15 is 0 Å². The highest BCUT2D eigenvalue weighted by molar-refractivity contribution is 5.85. The van der Waals surface area contributed by atoms with E-state index in [0.717, 1.165) is 26.2 Å². The van der Waals surface area contributed by atoms with Crippen molar-refractivity contribution in [1.82, 2.24) is 10.4 Å². The molecule has 0 spiro atoms. The molecule has 0 bridgehead atoms. The molecule has 1 aromatic carbocycles. The zero-order valence-corrected chi connectivity index (χ0v) is 12.0. The maximum absolute atomic E-state index is 5.76. The van der Waals surface area contributed by atoms with Gasteiger partial charge in [0, 0.05) is 26.2 Å². The molecule has 0 aliphatic carbocycles. The molecule has 0 saturated carbocycles. The maximum atomic E-state index is 5.76. The minimum absolute atomic E-state index is 0. The van der Waals surface area contributed by atoms with E-state index in [1.807, 2.05) is 5.06 Å². The molecule has 2 rings (SSSR count). The molecule has 1 heterocycles.